The lowest BCUT2D eigenvalue weighted by Gasteiger charge is -2.22. The van der Waals surface area contributed by atoms with Crippen molar-refractivity contribution in [1.29, 1.82) is 0 Å². The van der Waals surface area contributed by atoms with Crippen molar-refractivity contribution >= 4 is 17.2 Å². The van der Waals surface area contributed by atoms with Crippen molar-refractivity contribution in [2.24, 2.45) is 0 Å². The molecule has 1 aliphatic rings. The van der Waals surface area contributed by atoms with Crippen molar-refractivity contribution in [1.82, 2.24) is 5.32 Å². The number of nitrogens with one attached hydrogen (secondary N) is 1. The van der Waals surface area contributed by atoms with E-state index in [1.807, 2.05) is 6.07 Å². The Morgan fingerprint density at radius 2 is 2.22 bits per heavy atom. The van der Waals surface area contributed by atoms with Crippen LogP contribution in [0.25, 0.3) is 0 Å². The minimum atomic E-state index is -0.636. The van der Waals surface area contributed by atoms with E-state index in [9.17, 15) is 9.90 Å². The molecule has 0 radical (unpaired) electrons. The standard InChI is InChI=1S/C14H21NO2S/c16-13(7-3-5-12-6-4-10-18-12)15-11-14(17)8-1-2-9-14/h4,6,10,17H,1-3,5,7-9,11H2,(H,15,16). The van der Waals surface area contributed by atoms with Crippen LogP contribution in [0.2, 0.25) is 0 Å². The summed E-state index contributed by atoms with van der Waals surface area (Å²) in [5, 5.41) is 15.0. The number of hydrogen-bond donors (Lipinski definition) is 2. The number of rotatable bonds is 6. The lowest BCUT2D eigenvalue weighted by Crippen LogP contribution is -2.40. The van der Waals surface area contributed by atoms with Crippen LogP contribution in [0.1, 0.15) is 43.4 Å². The van der Waals surface area contributed by atoms with Gasteiger partial charge in [-0.3, -0.25) is 4.79 Å². The van der Waals surface area contributed by atoms with Gasteiger partial charge in [0.15, 0.2) is 0 Å². The van der Waals surface area contributed by atoms with E-state index in [1.54, 1.807) is 11.3 Å². The molecule has 1 heterocycles. The molecule has 2 rings (SSSR count). The Hall–Kier alpha value is -0.870. The Bertz CT molecular complexity index is 369. The first kappa shape index (κ1) is 13.6. The molecular weight excluding hydrogens is 246 g/mol. The predicted molar refractivity (Wildman–Crippen MR) is 73.7 cm³/mol. The number of carbonyl (C=O) groups is 1. The largest absolute Gasteiger partial charge is 0.388 e. The molecule has 0 aliphatic heterocycles. The fraction of sp³-hybridized carbons (Fsp3) is 0.643. The van der Waals surface area contributed by atoms with Crippen LogP contribution < -0.4 is 5.32 Å². The Labute approximate surface area is 112 Å². The van der Waals surface area contributed by atoms with Crippen LogP contribution in [0.15, 0.2) is 17.5 Å². The van der Waals surface area contributed by atoms with E-state index in [4.69, 9.17) is 0 Å². The summed E-state index contributed by atoms with van der Waals surface area (Å²) in [6, 6.07) is 4.14. The second-order valence-corrected chi connectivity index (χ2v) is 6.17. The lowest BCUT2D eigenvalue weighted by atomic mass is 10.0. The molecule has 1 aromatic rings. The highest BCUT2D eigenvalue weighted by atomic mass is 32.1. The van der Waals surface area contributed by atoms with Gasteiger partial charge in [-0.05, 0) is 37.1 Å². The monoisotopic (exact) mass is 267 g/mol. The summed E-state index contributed by atoms with van der Waals surface area (Å²) in [4.78, 5) is 13.0. The fourth-order valence-corrected chi connectivity index (χ4v) is 3.19. The molecule has 1 saturated carbocycles. The van der Waals surface area contributed by atoms with Crippen LogP contribution in [0.4, 0.5) is 0 Å². The molecule has 1 aliphatic carbocycles. The molecule has 2 N–H and O–H groups in total. The van der Waals surface area contributed by atoms with Gasteiger partial charge in [0.2, 0.25) is 5.91 Å². The summed E-state index contributed by atoms with van der Waals surface area (Å²) in [5.41, 5.74) is -0.636. The van der Waals surface area contributed by atoms with Gasteiger partial charge in [0, 0.05) is 17.8 Å². The SMILES string of the molecule is O=C(CCCc1cccs1)NCC1(O)CCCC1. The second kappa shape index (κ2) is 6.34. The van der Waals surface area contributed by atoms with Crippen LogP contribution in [-0.2, 0) is 11.2 Å². The van der Waals surface area contributed by atoms with Crippen molar-refractivity contribution in [3.8, 4) is 0 Å². The van der Waals surface area contributed by atoms with E-state index in [2.05, 4.69) is 16.8 Å². The first-order chi connectivity index (χ1) is 8.68. The molecule has 0 saturated heterocycles. The molecule has 1 aromatic heterocycles. The van der Waals surface area contributed by atoms with Crippen LogP contribution in [0.3, 0.4) is 0 Å². The van der Waals surface area contributed by atoms with Gasteiger partial charge in [-0.2, -0.15) is 0 Å². The van der Waals surface area contributed by atoms with Gasteiger partial charge in [0.1, 0.15) is 0 Å². The Morgan fingerprint density at radius 3 is 2.89 bits per heavy atom. The van der Waals surface area contributed by atoms with Crippen molar-refractivity contribution < 1.29 is 9.90 Å². The van der Waals surface area contributed by atoms with E-state index in [0.717, 1.165) is 38.5 Å². The normalized spacial score (nSPS) is 17.8. The third-order valence-electron chi connectivity index (χ3n) is 3.56. The van der Waals surface area contributed by atoms with E-state index < -0.39 is 5.60 Å². The molecule has 3 nitrogen and oxygen atoms in total. The fourth-order valence-electron chi connectivity index (χ4n) is 2.44. The summed E-state index contributed by atoms with van der Waals surface area (Å²) in [6.45, 7) is 0.421. The highest BCUT2D eigenvalue weighted by Crippen LogP contribution is 2.28. The molecule has 1 fully saturated rings. The molecule has 0 unspecified atom stereocenters. The van der Waals surface area contributed by atoms with Crippen LogP contribution in [-0.4, -0.2) is 23.2 Å². The van der Waals surface area contributed by atoms with Crippen LogP contribution >= 0.6 is 11.3 Å². The maximum absolute atomic E-state index is 11.7. The van der Waals surface area contributed by atoms with E-state index in [-0.39, 0.29) is 5.91 Å². The van der Waals surface area contributed by atoms with Gasteiger partial charge < -0.3 is 10.4 Å². The zero-order valence-corrected chi connectivity index (χ0v) is 11.5. The topological polar surface area (TPSA) is 49.3 Å². The zero-order valence-electron chi connectivity index (χ0n) is 10.7. The molecule has 0 atom stereocenters. The minimum Gasteiger partial charge on any atom is -0.388 e. The van der Waals surface area contributed by atoms with Crippen LogP contribution in [0, 0.1) is 0 Å². The number of carbonyl (C=O) groups excluding carboxylic acids is 1. The molecule has 4 heteroatoms. The number of aryl methyl sites for hydroxylation is 1. The molecule has 0 aromatic carbocycles. The molecular formula is C14H21NO2S. The minimum absolute atomic E-state index is 0.0619. The van der Waals surface area contributed by atoms with Gasteiger partial charge in [-0.15, -0.1) is 11.3 Å². The number of amides is 1. The average Bonchev–Trinajstić information content (AvgIpc) is 2.99. The predicted octanol–water partition coefficient (Wildman–Crippen LogP) is 2.49. The number of aliphatic hydroxyl groups is 1. The average molecular weight is 267 g/mol. The summed E-state index contributed by atoms with van der Waals surface area (Å²) in [6.07, 6.45) is 6.19. The lowest BCUT2D eigenvalue weighted by molar-refractivity contribution is -0.122. The molecule has 100 valence electrons. The van der Waals surface area contributed by atoms with Gasteiger partial charge in [0.25, 0.3) is 0 Å². The highest BCUT2D eigenvalue weighted by Gasteiger charge is 2.31. The zero-order chi connectivity index (χ0) is 12.8. The third-order valence-corrected chi connectivity index (χ3v) is 4.49. The van der Waals surface area contributed by atoms with Gasteiger partial charge in [-0.1, -0.05) is 18.9 Å². The van der Waals surface area contributed by atoms with E-state index >= 15 is 0 Å². The van der Waals surface area contributed by atoms with Gasteiger partial charge in [0.05, 0.1) is 5.60 Å². The van der Waals surface area contributed by atoms with Gasteiger partial charge >= 0.3 is 0 Å². The summed E-state index contributed by atoms with van der Waals surface area (Å²) >= 11 is 1.74. The number of thiophene rings is 1. The summed E-state index contributed by atoms with van der Waals surface area (Å²) in [5.74, 6) is 0.0619. The highest BCUT2D eigenvalue weighted by molar-refractivity contribution is 7.09. The van der Waals surface area contributed by atoms with Crippen molar-refractivity contribution in [2.45, 2.75) is 50.5 Å². The number of hydrogen-bond acceptors (Lipinski definition) is 3. The maximum Gasteiger partial charge on any atom is 0.220 e. The van der Waals surface area contributed by atoms with Crippen molar-refractivity contribution in [3.05, 3.63) is 22.4 Å². The van der Waals surface area contributed by atoms with Gasteiger partial charge in [-0.25, -0.2) is 0 Å². The van der Waals surface area contributed by atoms with Crippen molar-refractivity contribution in [2.75, 3.05) is 6.54 Å². The maximum atomic E-state index is 11.7. The quantitative estimate of drug-likeness (QED) is 0.832. The van der Waals surface area contributed by atoms with Crippen LogP contribution in [0.5, 0.6) is 0 Å². The third kappa shape index (κ3) is 4.10. The Balaban J connectivity index is 1.60. The second-order valence-electron chi connectivity index (χ2n) is 5.14. The van der Waals surface area contributed by atoms with E-state index in [0.29, 0.717) is 13.0 Å². The summed E-state index contributed by atoms with van der Waals surface area (Å²) in [7, 11) is 0. The Kier molecular flexibility index (Phi) is 4.78. The Morgan fingerprint density at radius 1 is 1.44 bits per heavy atom. The first-order valence-electron chi connectivity index (χ1n) is 6.69. The molecule has 0 bridgehead atoms. The smallest absolute Gasteiger partial charge is 0.220 e. The molecule has 1 amide bonds. The van der Waals surface area contributed by atoms with Crippen molar-refractivity contribution in [3.63, 3.8) is 0 Å². The molecule has 18 heavy (non-hydrogen) atoms. The molecule has 0 spiro atoms. The summed E-state index contributed by atoms with van der Waals surface area (Å²) < 4.78 is 0. The van der Waals surface area contributed by atoms with E-state index in [1.165, 1.54) is 4.88 Å². The first-order valence-corrected chi connectivity index (χ1v) is 7.57.